The van der Waals surface area contributed by atoms with E-state index in [9.17, 15) is 0 Å². The highest BCUT2D eigenvalue weighted by Gasteiger charge is 2.31. The maximum absolute atomic E-state index is 6.18. The average Bonchev–Trinajstić information content (AvgIpc) is 2.56. The Hall–Kier alpha value is -0.860. The molecule has 0 aliphatic heterocycles. The number of aryl methyl sites for hydroxylation is 1. The number of ether oxygens (including phenoxy) is 1. The lowest BCUT2D eigenvalue weighted by atomic mass is 9.81. The molecular weight excluding hydrogens is 258 g/mol. The molecule has 0 amide bonds. The lowest BCUT2D eigenvalue weighted by molar-refractivity contribution is -0.0167. The first kappa shape index (κ1) is 16.5. The minimum Gasteiger partial charge on any atom is -0.376 e. The zero-order chi connectivity index (χ0) is 15.1. The molecule has 0 aromatic heterocycles. The Balaban J connectivity index is 2.16. The molecule has 1 saturated carbocycles. The predicted molar refractivity (Wildman–Crippen MR) is 89.6 cm³/mol. The topological polar surface area (TPSA) is 21.3 Å². The van der Waals surface area contributed by atoms with Crippen LogP contribution in [0.4, 0.5) is 0 Å². The molecular formula is C19H31NO. The molecule has 2 heteroatoms. The molecule has 2 unspecified atom stereocenters. The summed E-state index contributed by atoms with van der Waals surface area (Å²) in [5.41, 5.74) is 2.76. The van der Waals surface area contributed by atoms with Crippen LogP contribution < -0.4 is 5.32 Å². The van der Waals surface area contributed by atoms with Crippen LogP contribution in [0.15, 0.2) is 24.3 Å². The van der Waals surface area contributed by atoms with Crippen molar-refractivity contribution in [3.8, 4) is 0 Å². The van der Waals surface area contributed by atoms with Gasteiger partial charge in [0.2, 0.25) is 0 Å². The van der Waals surface area contributed by atoms with Crippen LogP contribution in [0.3, 0.4) is 0 Å². The number of nitrogens with one attached hydrogen (secondary N) is 1. The van der Waals surface area contributed by atoms with Crippen molar-refractivity contribution >= 4 is 0 Å². The molecule has 2 nitrogen and oxygen atoms in total. The molecule has 118 valence electrons. The second-order valence-electron chi connectivity index (χ2n) is 6.18. The van der Waals surface area contributed by atoms with Gasteiger partial charge in [0, 0.05) is 6.61 Å². The monoisotopic (exact) mass is 289 g/mol. The summed E-state index contributed by atoms with van der Waals surface area (Å²) in [4.78, 5) is 0. The zero-order valence-electron chi connectivity index (χ0n) is 13.9. The van der Waals surface area contributed by atoms with Crippen molar-refractivity contribution < 1.29 is 4.74 Å². The van der Waals surface area contributed by atoms with Gasteiger partial charge in [0.1, 0.15) is 0 Å². The molecule has 0 heterocycles. The van der Waals surface area contributed by atoms with Crippen LogP contribution in [-0.2, 0) is 11.2 Å². The van der Waals surface area contributed by atoms with E-state index in [-0.39, 0.29) is 0 Å². The normalized spacial score (nSPS) is 19.4. The molecule has 0 spiro atoms. The maximum Gasteiger partial charge on any atom is 0.0797 e. The minimum atomic E-state index is 0.299. The van der Waals surface area contributed by atoms with Crippen LogP contribution in [0.5, 0.6) is 0 Å². The van der Waals surface area contributed by atoms with Gasteiger partial charge in [0.15, 0.2) is 0 Å². The molecule has 1 fully saturated rings. The van der Waals surface area contributed by atoms with E-state index in [2.05, 4.69) is 50.5 Å². The van der Waals surface area contributed by atoms with Crippen LogP contribution in [0.2, 0.25) is 0 Å². The van der Waals surface area contributed by atoms with Crippen LogP contribution in [-0.4, -0.2) is 19.8 Å². The third-order valence-corrected chi connectivity index (χ3v) is 4.86. The summed E-state index contributed by atoms with van der Waals surface area (Å²) in [6.07, 6.45) is 8.14. The van der Waals surface area contributed by atoms with E-state index in [0.29, 0.717) is 18.1 Å². The second kappa shape index (κ2) is 8.55. The lowest BCUT2D eigenvalue weighted by Gasteiger charge is -2.35. The molecule has 0 saturated heterocycles. The van der Waals surface area contributed by atoms with Crippen LogP contribution in [0, 0.1) is 5.92 Å². The first-order chi connectivity index (χ1) is 10.3. The number of hydrogen-bond donors (Lipinski definition) is 1. The van der Waals surface area contributed by atoms with Crippen molar-refractivity contribution in [3.05, 3.63) is 35.4 Å². The highest BCUT2D eigenvalue weighted by Crippen LogP contribution is 2.34. The van der Waals surface area contributed by atoms with Crippen LogP contribution in [0.25, 0.3) is 0 Å². The minimum absolute atomic E-state index is 0.299. The Kier molecular flexibility index (Phi) is 6.72. The molecule has 1 N–H and O–H groups in total. The van der Waals surface area contributed by atoms with Gasteiger partial charge in [-0.25, -0.2) is 0 Å². The number of likely N-dealkylation sites (N-methyl/N-ethyl adjacent to an activating group) is 1. The Bertz CT molecular complexity index is 395. The number of benzene rings is 1. The molecule has 1 aromatic rings. The van der Waals surface area contributed by atoms with Crippen molar-refractivity contribution in [2.75, 3.05) is 13.7 Å². The van der Waals surface area contributed by atoms with Crippen LogP contribution >= 0.6 is 0 Å². The van der Waals surface area contributed by atoms with E-state index in [0.717, 1.165) is 13.0 Å². The Labute approximate surface area is 130 Å². The molecule has 2 rings (SSSR count). The molecule has 1 aliphatic rings. The lowest BCUT2D eigenvalue weighted by Crippen LogP contribution is -2.38. The number of rotatable bonds is 7. The summed E-state index contributed by atoms with van der Waals surface area (Å²) >= 11 is 0. The van der Waals surface area contributed by atoms with Gasteiger partial charge in [0.25, 0.3) is 0 Å². The fraction of sp³-hybridized carbons (Fsp3) is 0.684. The molecule has 21 heavy (non-hydrogen) atoms. The van der Waals surface area contributed by atoms with Gasteiger partial charge in [-0.2, -0.15) is 0 Å². The van der Waals surface area contributed by atoms with Crippen LogP contribution in [0.1, 0.15) is 63.1 Å². The quantitative estimate of drug-likeness (QED) is 0.798. The third kappa shape index (κ3) is 4.31. The van der Waals surface area contributed by atoms with Crippen molar-refractivity contribution in [1.29, 1.82) is 0 Å². The van der Waals surface area contributed by atoms with E-state index in [1.54, 1.807) is 0 Å². The fourth-order valence-electron chi connectivity index (χ4n) is 3.64. The molecule has 0 radical (unpaired) electrons. The third-order valence-electron chi connectivity index (χ3n) is 4.86. The van der Waals surface area contributed by atoms with Gasteiger partial charge in [-0.15, -0.1) is 0 Å². The summed E-state index contributed by atoms with van der Waals surface area (Å²) in [5.74, 6) is 0.696. The summed E-state index contributed by atoms with van der Waals surface area (Å²) < 4.78 is 6.18. The van der Waals surface area contributed by atoms with Gasteiger partial charge in [-0.1, -0.05) is 50.5 Å². The van der Waals surface area contributed by atoms with E-state index in [1.165, 1.54) is 43.2 Å². The molecule has 0 bridgehead atoms. The van der Waals surface area contributed by atoms with Gasteiger partial charge >= 0.3 is 0 Å². The first-order valence-electron chi connectivity index (χ1n) is 8.67. The summed E-state index contributed by atoms with van der Waals surface area (Å²) in [5, 5.41) is 3.51. The standard InChI is InChI=1S/C19H31NO/c1-4-15-11-13-16(14-12-15)18(20-3)19(21-5-2)17-9-7-6-8-10-17/h11-14,17-20H,4-10H2,1-3H3. The highest BCUT2D eigenvalue weighted by atomic mass is 16.5. The van der Waals surface area contributed by atoms with Gasteiger partial charge in [-0.05, 0) is 50.3 Å². The second-order valence-corrected chi connectivity index (χ2v) is 6.18. The smallest absolute Gasteiger partial charge is 0.0797 e. The van der Waals surface area contributed by atoms with Gasteiger partial charge in [-0.3, -0.25) is 0 Å². The zero-order valence-corrected chi connectivity index (χ0v) is 13.9. The van der Waals surface area contributed by atoms with Gasteiger partial charge < -0.3 is 10.1 Å². The van der Waals surface area contributed by atoms with E-state index < -0.39 is 0 Å². The highest BCUT2D eigenvalue weighted by molar-refractivity contribution is 5.26. The van der Waals surface area contributed by atoms with E-state index in [4.69, 9.17) is 4.74 Å². The largest absolute Gasteiger partial charge is 0.376 e. The van der Waals surface area contributed by atoms with E-state index >= 15 is 0 Å². The molecule has 1 aromatic carbocycles. The van der Waals surface area contributed by atoms with Crippen molar-refractivity contribution in [1.82, 2.24) is 5.32 Å². The Morgan fingerprint density at radius 2 is 1.76 bits per heavy atom. The Morgan fingerprint density at radius 3 is 2.29 bits per heavy atom. The predicted octanol–water partition coefficient (Wildman–Crippen LogP) is 4.49. The maximum atomic E-state index is 6.18. The first-order valence-corrected chi connectivity index (χ1v) is 8.67. The average molecular weight is 289 g/mol. The van der Waals surface area contributed by atoms with E-state index in [1.807, 2.05) is 0 Å². The molecule has 2 atom stereocenters. The molecule has 1 aliphatic carbocycles. The Morgan fingerprint density at radius 1 is 1.10 bits per heavy atom. The van der Waals surface area contributed by atoms with Crippen molar-refractivity contribution in [2.45, 2.75) is 64.5 Å². The van der Waals surface area contributed by atoms with Gasteiger partial charge in [0.05, 0.1) is 12.1 Å². The SMILES string of the molecule is CCOC(C1CCCCC1)C(NC)c1ccc(CC)cc1. The fourth-order valence-corrected chi connectivity index (χ4v) is 3.64. The van der Waals surface area contributed by atoms with Crippen molar-refractivity contribution in [3.63, 3.8) is 0 Å². The summed E-state index contributed by atoms with van der Waals surface area (Å²) in [7, 11) is 2.06. The summed E-state index contributed by atoms with van der Waals surface area (Å²) in [6.45, 7) is 5.12. The number of hydrogen-bond acceptors (Lipinski definition) is 2. The van der Waals surface area contributed by atoms with Crippen molar-refractivity contribution in [2.24, 2.45) is 5.92 Å². The summed E-state index contributed by atoms with van der Waals surface area (Å²) in [6, 6.07) is 9.36.